The van der Waals surface area contributed by atoms with Crippen LogP contribution >= 0.6 is 0 Å². The van der Waals surface area contributed by atoms with Crippen molar-refractivity contribution in [2.75, 3.05) is 0 Å². The number of rotatable bonds is 4. The number of allylic oxidation sites excluding steroid dienone is 4. The number of hydrogen-bond donors (Lipinski definition) is 0. The van der Waals surface area contributed by atoms with E-state index < -0.39 is 0 Å². The molecule has 44 heavy (non-hydrogen) atoms. The molecule has 2 aliphatic rings. The number of aryl methyl sites for hydroxylation is 3. The molecule has 8 rings (SSSR count). The van der Waals surface area contributed by atoms with E-state index in [1.807, 2.05) is 0 Å². The molecule has 1 nitrogen and oxygen atoms in total. The summed E-state index contributed by atoms with van der Waals surface area (Å²) in [6.45, 7) is 4.22. The van der Waals surface area contributed by atoms with Gasteiger partial charge in [0.05, 0.1) is 5.52 Å². The third kappa shape index (κ3) is 7.54. The van der Waals surface area contributed by atoms with Crippen LogP contribution in [0.3, 0.4) is 0 Å². The van der Waals surface area contributed by atoms with Crippen LogP contribution in [0.15, 0.2) is 139 Å². The van der Waals surface area contributed by atoms with Crippen LogP contribution in [0.25, 0.3) is 27.4 Å². The summed E-state index contributed by atoms with van der Waals surface area (Å²) in [4.78, 5) is 0. The summed E-state index contributed by atoms with van der Waals surface area (Å²) in [6.07, 6.45) is 13.7. The molecular formula is C42H41NZr. The Kier molecular flexibility index (Phi) is 11.1. The summed E-state index contributed by atoms with van der Waals surface area (Å²) in [7, 11) is 0. The number of hydrogen-bond acceptors (Lipinski definition) is 0. The van der Waals surface area contributed by atoms with Crippen LogP contribution in [-0.4, -0.2) is 4.57 Å². The largest absolute Gasteiger partial charge is 2.00 e. The molecule has 2 aliphatic carbocycles. The van der Waals surface area contributed by atoms with Gasteiger partial charge in [-0.3, -0.25) is 6.08 Å². The average molecular weight is 651 g/mol. The van der Waals surface area contributed by atoms with Crippen LogP contribution < -0.4 is 0 Å². The molecule has 0 bridgehead atoms. The molecule has 1 aromatic heterocycles. The molecule has 2 heteroatoms. The molecule has 0 amide bonds. The Balaban J connectivity index is 0.000000150. The monoisotopic (exact) mass is 649 g/mol. The molecule has 0 atom stereocenters. The van der Waals surface area contributed by atoms with E-state index in [2.05, 4.69) is 152 Å². The molecule has 0 aliphatic heterocycles. The summed E-state index contributed by atoms with van der Waals surface area (Å²) < 4.78 is 2.50. The van der Waals surface area contributed by atoms with E-state index in [-0.39, 0.29) is 26.2 Å². The van der Waals surface area contributed by atoms with Gasteiger partial charge < -0.3 is 4.57 Å². The molecule has 0 fully saturated rings. The van der Waals surface area contributed by atoms with Crippen LogP contribution in [0.2, 0.25) is 0 Å². The minimum absolute atomic E-state index is 0. The fourth-order valence-electron chi connectivity index (χ4n) is 6.28. The fraction of sp³-hybridized carbons (Fsp3) is 0.214. The van der Waals surface area contributed by atoms with Gasteiger partial charge in [0, 0.05) is 11.1 Å². The SMILES string of the molecule is CC1=[C-]CC=C1C.[Zr+2].c1ccc(CCc2ccccc2)cc1.c1ccc2[cH-]c(-n3c4c(c5ccccc53)CCCC4)cc2c1. The molecule has 0 radical (unpaired) electrons. The topological polar surface area (TPSA) is 4.93 Å². The van der Waals surface area contributed by atoms with Crippen molar-refractivity contribution in [2.24, 2.45) is 0 Å². The van der Waals surface area contributed by atoms with E-state index in [9.17, 15) is 0 Å². The van der Waals surface area contributed by atoms with Crippen molar-refractivity contribution in [3.8, 4) is 5.69 Å². The number of nitrogens with zero attached hydrogens (tertiary/aromatic N) is 1. The van der Waals surface area contributed by atoms with E-state index in [4.69, 9.17) is 0 Å². The summed E-state index contributed by atoms with van der Waals surface area (Å²) in [6, 6.07) is 43.4. The molecular weight excluding hydrogens is 610 g/mol. The molecule has 5 aromatic carbocycles. The number of fused-ring (bicyclic) bond motifs is 4. The van der Waals surface area contributed by atoms with Crippen molar-refractivity contribution in [1.82, 2.24) is 4.57 Å². The standard InChI is InChI=1S/C21H18N.C14H14.C7H9.Zr/c1-2-8-16-14-17(13-15(16)7-1)22-20-11-5-3-9-18(20)19-10-4-6-12-21(19)22;1-3-7-13(8-4-1)11-12-14-9-5-2-6-10-14;1-6-4-3-5-7(6)2;/h1-3,5,7-9,11,13-14H,4,6,10,12H2;1-10H,11-12H2;4H,3H2,1-2H3;/q-1;;-1;+2. The van der Waals surface area contributed by atoms with Crippen molar-refractivity contribution in [2.45, 2.75) is 58.8 Å². The summed E-state index contributed by atoms with van der Waals surface area (Å²) >= 11 is 0. The van der Waals surface area contributed by atoms with E-state index in [1.54, 1.807) is 5.56 Å². The Morgan fingerprint density at radius 3 is 1.93 bits per heavy atom. The Morgan fingerprint density at radius 2 is 1.32 bits per heavy atom. The molecule has 0 unspecified atom stereocenters. The summed E-state index contributed by atoms with van der Waals surface area (Å²) in [5.74, 6) is 0. The van der Waals surface area contributed by atoms with Crippen LogP contribution in [0.1, 0.15) is 55.5 Å². The normalized spacial score (nSPS) is 13.5. The van der Waals surface area contributed by atoms with Gasteiger partial charge in [0.25, 0.3) is 0 Å². The number of aromatic nitrogens is 1. The van der Waals surface area contributed by atoms with Gasteiger partial charge in [-0.1, -0.05) is 91.9 Å². The molecule has 0 spiro atoms. The Labute approximate surface area is 282 Å². The second-order valence-electron chi connectivity index (χ2n) is 11.7. The van der Waals surface area contributed by atoms with Crippen molar-refractivity contribution >= 4 is 21.7 Å². The van der Waals surface area contributed by atoms with Gasteiger partial charge in [-0.05, 0) is 67.0 Å². The molecule has 6 aromatic rings. The molecule has 1 heterocycles. The molecule has 0 saturated carbocycles. The van der Waals surface area contributed by atoms with Crippen molar-refractivity contribution in [3.63, 3.8) is 0 Å². The first kappa shape index (κ1) is 31.8. The average Bonchev–Trinajstić information content (AvgIpc) is 3.76. The quantitative estimate of drug-likeness (QED) is 0.167. The maximum Gasteiger partial charge on any atom is 2.00 e. The van der Waals surface area contributed by atoms with Gasteiger partial charge in [0.2, 0.25) is 0 Å². The summed E-state index contributed by atoms with van der Waals surface area (Å²) in [5.41, 5.74) is 11.3. The Bertz CT molecular complexity index is 1760. The van der Waals surface area contributed by atoms with E-state index in [0.717, 1.165) is 19.3 Å². The van der Waals surface area contributed by atoms with Gasteiger partial charge in [-0.2, -0.15) is 6.08 Å². The number of para-hydroxylation sites is 1. The zero-order chi connectivity index (χ0) is 29.4. The second kappa shape index (κ2) is 15.4. The van der Waals surface area contributed by atoms with Crippen LogP contribution in [-0.2, 0) is 51.9 Å². The van der Waals surface area contributed by atoms with Gasteiger partial charge in [0.1, 0.15) is 0 Å². The summed E-state index contributed by atoms with van der Waals surface area (Å²) in [5, 5.41) is 4.11. The van der Waals surface area contributed by atoms with Crippen LogP contribution in [0, 0.1) is 6.08 Å². The van der Waals surface area contributed by atoms with Gasteiger partial charge in [-0.15, -0.1) is 54.4 Å². The minimum atomic E-state index is 0. The first-order chi connectivity index (χ1) is 21.2. The Hall–Kier alpha value is -3.61. The van der Waals surface area contributed by atoms with Gasteiger partial charge >= 0.3 is 26.2 Å². The van der Waals surface area contributed by atoms with Gasteiger partial charge in [0.15, 0.2) is 0 Å². The third-order valence-electron chi connectivity index (χ3n) is 8.79. The first-order valence-corrected chi connectivity index (χ1v) is 15.8. The van der Waals surface area contributed by atoms with Crippen molar-refractivity contribution in [3.05, 3.63) is 167 Å². The van der Waals surface area contributed by atoms with Crippen LogP contribution in [0.5, 0.6) is 0 Å². The molecule has 0 N–H and O–H groups in total. The first-order valence-electron chi connectivity index (χ1n) is 15.8. The van der Waals surface area contributed by atoms with Crippen molar-refractivity contribution < 1.29 is 26.2 Å². The van der Waals surface area contributed by atoms with Crippen LogP contribution in [0.4, 0.5) is 0 Å². The smallest absolute Gasteiger partial charge is 0.332 e. The van der Waals surface area contributed by atoms with Gasteiger partial charge in [-0.25, -0.2) is 11.1 Å². The Morgan fingerprint density at radius 1 is 0.705 bits per heavy atom. The maximum atomic E-state index is 3.19. The molecule has 0 saturated heterocycles. The third-order valence-corrected chi connectivity index (χ3v) is 8.79. The zero-order valence-electron chi connectivity index (χ0n) is 26.0. The second-order valence-corrected chi connectivity index (χ2v) is 11.7. The number of benzene rings is 4. The molecule has 218 valence electrons. The van der Waals surface area contributed by atoms with E-state index in [1.165, 1.54) is 81.0 Å². The van der Waals surface area contributed by atoms with Crippen molar-refractivity contribution in [1.29, 1.82) is 0 Å². The minimum Gasteiger partial charge on any atom is -0.332 e. The van der Waals surface area contributed by atoms with E-state index >= 15 is 0 Å². The fourth-order valence-corrected chi connectivity index (χ4v) is 6.28. The maximum absolute atomic E-state index is 3.19. The van der Waals surface area contributed by atoms with E-state index in [0.29, 0.717) is 0 Å². The predicted molar refractivity (Wildman–Crippen MR) is 184 cm³/mol. The zero-order valence-corrected chi connectivity index (χ0v) is 28.5. The predicted octanol–water partition coefficient (Wildman–Crippen LogP) is 10.9.